The average Bonchev–Trinajstić information content (AvgIpc) is 3.08. The van der Waals surface area contributed by atoms with Crippen molar-refractivity contribution in [2.24, 2.45) is 0 Å². The van der Waals surface area contributed by atoms with Gasteiger partial charge in [0, 0.05) is 11.6 Å². The molecule has 0 unspecified atom stereocenters. The predicted octanol–water partition coefficient (Wildman–Crippen LogP) is 2.88. The van der Waals surface area contributed by atoms with Crippen molar-refractivity contribution in [2.45, 2.75) is 0 Å². The summed E-state index contributed by atoms with van der Waals surface area (Å²) in [6.45, 7) is 0. The second-order valence-corrected chi connectivity index (χ2v) is 5.53. The van der Waals surface area contributed by atoms with Crippen molar-refractivity contribution in [3.05, 3.63) is 60.9 Å². The van der Waals surface area contributed by atoms with Gasteiger partial charge in [-0.1, -0.05) is 18.2 Å². The first-order valence-corrected chi connectivity index (χ1v) is 8.04. The summed E-state index contributed by atoms with van der Waals surface area (Å²) >= 11 is 0. The summed E-state index contributed by atoms with van der Waals surface area (Å²) in [7, 11) is 0. The van der Waals surface area contributed by atoms with E-state index in [1.165, 1.54) is 11.0 Å². The summed E-state index contributed by atoms with van der Waals surface area (Å²) in [6.07, 6.45) is 1.83. The van der Waals surface area contributed by atoms with Crippen molar-refractivity contribution >= 4 is 23.1 Å². The first-order chi connectivity index (χ1) is 13.3. The van der Waals surface area contributed by atoms with Crippen molar-refractivity contribution in [2.75, 3.05) is 5.73 Å². The molecule has 130 valence electrons. The number of carbonyl (C=O) groups excluding carboxylic acids is 1. The number of fused-ring (bicyclic) bond motifs is 1. The fraction of sp³-hybridized carbons (Fsp3) is 0. The molecule has 7 heteroatoms. The van der Waals surface area contributed by atoms with Gasteiger partial charge in [-0.15, -0.1) is 0 Å². The second-order valence-electron chi connectivity index (χ2n) is 5.53. The number of aldehydes is 1. The van der Waals surface area contributed by atoms with E-state index in [4.69, 9.17) is 10.5 Å². The van der Waals surface area contributed by atoms with E-state index < -0.39 is 0 Å². The van der Waals surface area contributed by atoms with E-state index >= 15 is 0 Å². The van der Waals surface area contributed by atoms with Gasteiger partial charge in [0.2, 0.25) is 0 Å². The van der Waals surface area contributed by atoms with Crippen LogP contribution < -0.4 is 10.5 Å². The molecule has 0 atom stereocenters. The van der Waals surface area contributed by atoms with Crippen LogP contribution in [0.15, 0.2) is 60.9 Å². The summed E-state index contributed by atoms with van der Waals surface area (Å²) in [6, 6.07) is 19.5. The maximum Gasteiger partial charge on any atom is 0.194 e. The average molecular weight is 355 g/mol. The number of nitrogens with zero attached hydrogens (tertiary/aromatic N) is 4. The Morgan fingerprint density at radius 2 is 1.74 bits per heavy atom. The minimum Gasteiger partial charge on any atom is -0.457 e. The third-order valence-corrected chi connectivity index (χ3v) is 3.83. The number of ether oxygens (including phenoxy) is 1. The lowest BCUT2D eigenvalue weighted by Crippen LogP contribution is -1.95. The fourth-order valence-corrected chi connectivity index (χ4v) is 2.65. The Kier molecular flexibility index (Phi) is 4.21. The number of nitrogen functional groups attached to an aromatic ring is 1. The first kappa shape index (κ1) is 16.3. The number of rotatable bonds is 3. The Balaban J connectivity index is 1.75. The molecular formula is C20H13N5O2. The maximum absolute atomic E-state index is 10.6. The van der Waals surface area contributed by atoms with Gasteiger partial charge >= 0.3 is 0 Å². The maximum atomic E-state index is 10.6. The van der Waals surface area contributed by atoms with Crippen molar-refractivity contribution < 1.29 is 9.53 Å². The zero-order valence-corrected chi connectivity index (χ0v) is 14.0. The highest BCUT2D eigenvalue weighted by atomic mass is 16.5. The normalized spacial score (nSPS) is 10.2. The number of benzene rings is 2. The molecule has 0 bridgehead atoms. The van der Waals surface area contributed by atoms with Gasteiger partial charge in [-0.05, 0) is 42.3 Å². The molecule has 0 radical (unpaired) electrons. The molecule has 2 aromatic heterocycles. The fourth-order valence-electron chi connectivity index (χ4n) is 2.65. The molecule has 0 aliphatic rings. The Labute approximate surface area is 154 Å². The Morgan fingerprint density at radius 3 is 2.48 bits per heavy atom. The molecule has 2 heterocycles. The molecule has 0 fully saturated rings. The Bertz CT molecular complexity index is 1170. The minimum absolute atomic E-state index is 0.291. The summed E-state index contributed by atoms with van der Waals surface area (Å²) in [5.74, 6) is 4.06. The van der Waals surface area contributed by atoms with Crippen LogP contribution >= 0.6 is 0 Å². The van der Waals surface area contributed by atoms with Crippen molar-refractivity contribution in [3.63, 3.8) is 0 Å². The van der Waals surface area contributed by atoms with Crippen LogP contribution in [-0.4, -0.2) is 26.0 Å². The lowest BCUT2D eigenvalue weighted by atomic mass is 10.1. The highest BCUT2D eigenvalue weighted by Gasteiger charge is 2.16. The van der Waals surface area contributed by atoms with Gasteiger partial charge < -0.3 is 10.5 Å². The molecule has 4 rings (SSSR count). The predicted molar refractivity (Wildman–Crippen MR) is 101 cm³/mol. The van der Waals surface area contributed by atoms with Gasteiger partial charge in [0.25, 0.3) is 0 Å². The number of nitrogens with two attached hydrogens (primary N) is 1. The summed E-state index contributed by atoms with van der Waals surface area (Å²) in [5, 5.41) is 5.01. The zero-order valence-electron chi connectivity index (χ0n) is 14.0. The molecule has 7 nitrogen and oxygen atoms in total. The van der Waals surface area contributed by atoms with Crippen LogP contribution in [-0.2, 0) is 4.79 Å². The molecule has 0 saturated heterocycles. The van der Waals surface area contributed by atoms with Crippen molar-refractivity contribution in [3.8, 4) is 34.7 Å². The summed E-state index contributed by atoms with van der Waals surface area (Å²) in [4.78, 5) is 18.8. The van der Waals surface area contributed by atoms with Crippen LogP contribution in [0, 0.1) is 12.0 Å². The first-order valence-electron chi connectivity index (χ1n) is 8.04. The van der Waals surface area contributed by atoms with Gasteiger partial charge in [0.1, 0.15) is 29.3 Å². The van der Waals surface area contributed by atoms with Gasteiger partial charge in [-0.25, -0.2) is 9.97 Å². The number of carbonyl (C=O) groups is 1. The number of aromatic nitrogens is 4. The molecule has 2 N–H and O–H groups in total. The van der Waals surface area contributed by atoms with E-state index in [-0.39, 0.29) is 0 Å². The molecule has 0 amide bonds. The lowest BCUT2D eigenvalue weighted by Gasteiger charge is -2.06. The van der Waals surface area contributed by atoms with E-state index in [9.17, 15) is 4.79 Å². The smallest absolute Gasteiger partial charge is 0.194 e. The zero-order chi connectivity index (χ0) is 18.6. The number of para-hydroxylation sites is 1. The van der Waals surface area contributed by atoms with E-state index in [1.807, 2.05) is 54.6 Å². The third kappa shape index (κ3) is 3.19. The Hall–Kier alpha value is -4.18. The molecular weight excluding hydrogens is 342 g/mol. The third-order valence-electron chi connectivity index (χ3n) is 3.83. The molecule has 0 aliphatic heterocycles. The van der Waals surface area contributed by atoms with Crippen molar-refractivity contribution in [1.29, 1.82) is 0 Å². The molecule has 0 aliphatic carbocycles. The van der Waals surface area contributed by atoms with Crippen LogP contribution in [0.5, 0.6) is 11.5 Å². The standard InChI is InChI=1S/C20H13N5O2/c21-19-17-18(24-25(11-4-12-26)20(17)23-13-22-19)14-7-9-16(10-8-14)27-15-5-2-1-3-6-15/h1-3,5-10,12-13H,(H2,21,22,23). The van der Waals surface area contributed by atoms with Crippen molar-refractivity contribution in [1.82, 2.24) is 19.7 Å². The van der Waals surface area contributed by atoms with Crippen LogP contribution in [0.4, 0.5) is 5.82 Å². The SMILES string of the molecule is Nc1ncnc2c1c(-c1ccc(Oc3ccccc3)cc1)nn2C#CC=O. The van der Waals surface area contributed by atoms with E-state index in [2.05, 4.69) is 27.0 Å². The molecule has 0 saturated carbocycles. The second kappa shape index (κ2) is 6.98. The number of hydrogen-bond donors (Lipinski definition) is 1. The van der Waals surface area contributed by atoms with Crippen LogP contribution in [0.1, 0.15) is 0 Å². The monoisotopic (exact) mass is 355 g/mol. The Morgan fingerprint density at radius 1 is 1.00 bits per heavy atom. The van der Waals surface area contributed by atoms with Gasteiger partial charge in [0.05, 0.1) is 5.39 Å². The van der Waals surface area contributed by atoms with Crippen LogP contribution in [0.25, 0.3) is 22.3 Å². The lowest BCUT2D eigenvalue weighted by molar-refractivity contribution is -0.103. The minimum atomic E-state index is 0.291. The highest BCUT2D eigenvalue weighted by molar-refractivity contribution is 5.98. The molecule has 4 aromatic rings. The molecule has 0 spiro atoms. The number of hydrogen-bond acceptors (Lipinski definition) is 6. The molecule has 27 heavy (non-hydrogen) atoms. The van der Waals surface area contributed by atoms with E-state index in [0.29, 0.717) is 34.6 Å². The van der Waals surface area contributed by atoms with E-state index in [1.54, 1.807) is 0 Å². The van der Waals surface area contributed by atoms with Gasteiger partial charge in [-0.2, -0.15) is 9.78 Å². The van der Waals surface area contributed by atoms with Gasteiger partial charge in [0.15, 0.2) is 11.9 Å². The van der Waals surface area contributed by atoms with E-state index in [0.717, 1.165) is 11.3 Å². The molecule has 2 aromatic carbocycles. The van der Waals surface area contributed by atoms with Crippen LogP contribution in [0.2, 0.25) is 0 Å². The quantitative estimate of drug-likeness (QED) is 0.448. The largest absolute Gasteiger partial charge is 0.457 e. The van der Waals surface area contributed by atoms with Crippen LogP contribution in [0.3, 0.4) is 0 Å². The number of anilines is 1. The topological polar surface area (TPSA) is 95.9 Å². The summed E-state index contributed by atoms with van der Waals surface area (Å²) < 4.78 is 7.13. The highest BCUT2D eigenvalue weighted by Crippen LogP contribution is 2.31. The van der Waals surface area contributed by atoms with Gasteiger partial charge in [-0.3, -0.25) is 4.79 Å². The summed E-state index contributed by atoms with van der Waals surface area (Å²) in [5.41, 5.74) is 7.84.